The summed E-state index contributed by atoms with van der Waals surface area (Å²) >= 11 is 0. The van der Waals surface area contributed by atoms with Crippen molar-refractivity contribution in [2.45, 2.75) is 66.0 Å². The number of hydrogen-bond donors (Lipinski definition) is 2. The van der Waals surface area contributed by atoms with E-state index >= 15 is 0 Å². The molecule has 4 nitrogen and oxygen atoms in total. The number of pyridine rings is 1. The molecule has 1 rings (SSSR count). The summed E-state index contributed by atoms with van der Waals surface area (Å²) in [5.74, 6) is 2.11. The van der Waals surface area contributed by atoms with Gasteiger partial charge in [0, 0.05) is 6.04 Å². The van der Waals surface area contributed by atoms with E-state index in [1.165, 1.54) is 12.8 Å². The fraction of sp³-hybridized carbons (Fsp3) is 0.688. The van der Waals surface area contributed by atoms with Crippen LogP contribution in [0.15, 0.2) is 12.1 Å². The van der Waals surface area contributed by atoms with Gasteiger partial charge in [0.15, 0.2) is 0 Å². The molecule has 3 N–H and O–H groups in total. The number of rotatable bonds is 8. The molecule has 0 aliphatic carbocycles. The molecule has 1 atom stereocenters. The first-order chi connectivity index (χ1) is 9.38. The third-order valence-electron chi connectivity index (χ3n) is 3.05. The lowest BCUT2D eigenvalue weighted by molar-refractivity contribution is 0.234. The molecule has 0 bridgehead atoms. The minimum Gasteiger partial charge on any atom is -0.473 e. The predicted octanol–water partition coefficient (Wildman–Crippen LogP) is 4.08. The summed E-state index contributed by atoms with van der Waals surface area (Å²) in [7, 11) is 0. The number of nitrogens with one attached hydrogen (secondary N) is 1. The van der Waals surface area contributed by atoms with Crippen LogP contribution in [0.5, 0.6) is 5.88 Å². The van der Waals surface area contributed by atoms with E-state index in [-0.39, 0.29) is 6.10 Å². The molecular formula is C16H29N3O. The lowest BCUT2D eigenvalue weighted by atomic mass is 10.0. The number of ether oxygens (including phenoxy) is 1. The van der Waals surface area contributed by atoms with E-state index in [9.17, 15) is 0 Å². The highest BCUT2D eigenvalue weighted by Gasteiger charge is 2.09. The number of hydrogen-bond acceptors (Lipinski definition) is 4. The van der Waals surface area contributed by atoms with Gasteiger partial charge in [-0.05, 0) is 45.2 Å². The van der Waals surface area contributed by atoms with Crippen LogP contribution in [0, 0.1) is 5.92 Å². The van der Waals surface area contributed by atoms with Gasteiger partial charge in [-0.1, -0.05) is 26.7 Å². The van der Waals surface area contributed by atoms with Crippen LogP contribution >= 0.6 is 0 Å². The maximum atomic E-state index is 5.87. The fourth-order valence-corrected chi connectivity index (χ4v) is 2.01. The molecule has 0 amide bonds. The van der Waals surface area contributed by atoms with Crippen molar-refractivity contribution >= 4 is 11.5 Å². The smallest absolute Gasteiger partial charge is 0.239 e. The van der Waals surface area contributed by atoms with Crippen LogP contribution in [0.25, 0.3) is 0 Å². The maximum absolute atomic E-state index is 5.87. The minimum atomic E-state index is 0.0727. The summed E-state index contributed by atoms with van der Waals surface area (Å²) in [6, 6.07) is 4.15. The van der Waals surface area contributed by atoms with Gasteiger partial charge in [0.2, 0.25) is 5.88 Å². The van der Waals surface area contributed by atoms with Crippen LogP contribution in [0.4, 0.5) is 11.5 Å². The lowest BCUT2D eigenvalue weighted by Crippen LogP contribution is -2.17. The second-order valence-corrected chi connectivity index (χ2v) is 6.13. The second kappa shape index (κ2) is 7.98. The predicted molar refractivity (Wildman–Crippen MR) is 86.2 cm³/mol. The highest BCUT2D eigenvalue weighted by Crippen LogP contribution is 2.22. The molecule has 0 aromatic carbocycles. The van der Waals surface area contributed by atoms with E-state index in [1.54, 1.807) is 0 Å². The topological polar surface area (TPSA) is 60.2 Å². The van der Waals surface area contributed by atoms with Crippen molar-refractivity contribution in [2.75, 3.05) is 11.1 Å². The van der Waals surface area contributed by atoms with Crippen molar-refractivity contribution in [1.82, 2.24) is 4.98 Å². The molecule has 0 aliphatic heterocycles. The summed E-state index contributed by atoms with van der Waals surface area (Å²) < 4.78 is 5.60. The van der Waals surface area contributed by atoms with Crippen molar-refractivity contribution in [1.29, 1.82) is 0 Å². The molecule has 0 spiro atoms. The Labute approximate surface area is 123 Å². The Hall–Kier alpha value is -1.45. The summed E-state index contributed by atoms with van der Waals surface area (Å²) in [6.45, 7) is 10.6. The van der Waals surface area contributed by atoms with Crippen LogP contribution in [0.1, 0.15) is 53.9 Å². The molecule has 1 aromatic heterocycles. The van der Waals surface area contributed by atoms with Crippen molar-refractivity contribution < 1.29 is 4.74 Å². The monoisotopic (exact) mass is 279 g/mol. The van der Waals surface area contributed by atoms with Gasteiger partial charge >= 0.3 is 0 Å². The SMILES string of the molecule is CC(C)CCCC(C)Nc1ccc(N)c(OC(C)C)n1. The zero-order valence-electron chi connectivity index (χ0n) is 13.4. The van der Waals surface area contributed by atoms with Crippen LogP contribution < -0.4 is 15.8 Å². The molecule has 0 radical (unpaired) electrons. The Balaban J connectivity index is 2.54. The summed E-state index contributed by atoms with van der Waals surface area (Å²) in [5.41, 5.74) is 6.45. The standard InChI is InChI=1S/C16H29N3O/c1-11(2)7-6-8-13(5)18-15-10-9-14(17)16(19-15)20-12(3)4/h9-13H,6-8,17H2,1-5H3,(H,18,19). The number of aromatic nitrogens is 1. The Morgan fingerprint density at radius 3 is 2.45 bits per heavy atom. The van der Waals surface area contributed by atoms with Crippen molar-refractivity contribution in [3.05, 3.63) is 12.1 Å². The molecule has 0 fully saturated rings. The Kier molecular flexibility index (Phi) is 6.62. The van der Waals surface area contributed by atoms with E-state index in [0.717, 1.165) is 18.2 Å². The van der Waals surface area contributed by atoms with Gasteiger partial charge in [0.1, 0.15) is 5.82 Å². The maximum Gasteiger partial charge on any atom is 0.239 e. The van der Waals surface area contributed by atoms with Gasteiger partial charge in [-0.15, -0.1) is 0 Å². The third-order valence-corrected chi connectivity index (χ3v) is 3.05. The number of nitrogen functional groups attached to an aromatic ring is 1. The molecule has 1 unspecified atom stereocenters. The number of nitrogens with two attached hydrogens (primary N) is 1. The molecule has 20 heavy (non-hydrogen) atoms. The lowest BCUT2D eigenvalue weighted by Gasteiger charge is -2.17. The minimum absolute atomic E-state index is 0.0727. The summed E-state index contributed by atoms with van der Waals surface area (Å²) in [5, 5.41) is 3.41. The zero-order valence-corrected chi connectivity index (χ0v) is 13.4. The first kappa shape index (κ1) is 16.6. The highest BCUT2D eigenvalue weighted by atomic mass is 16.5. The molecule has 114 valence electrons. The van der Waals surface area contributed by atoms with Gasteiger partial charge < -0.3 is 15.8 Å². The normalized spacial score (nSPS) is 12.8. The summed E-state index contributed by atoms with van der Waals surface area (Å²) in [4.78, 5) is 4.44. The highest BCUT2D eigenvalue weighted by molar-refractivity contribution is 5.53. The van der Waals surface area contributed by atoms with E-state index in [0.29, 0.717) is 17.6 Å². The van der Waals surface area contributed by atoms with Crippen LogP contribution in [-0.2, 0) is 0 Å². The van der Waals surface area contributed by atoms with E-state index < -0.39 is 0 Å². The van der Waals surface area contributed by atoms with Crippen molar-refractivity contribution in [3.63, 3.8) is 0 Å². The van der Waals surface area contributed by atoms with Gasteiger partial charge in [0.05, 0.1) is 11.8 Å². The molecule has 1 heterocycles. The molecule has 1 aromatic rings. The van der Waals surface area contributed by atoms with E-state index in [1.807, 2.05) is 26.0 Å². The molecular weight excluding hydrogens is 250 g/mol. The molecule has 4 heteroatoms. The first-order valence-electron chi connectivity index (χ1n) is 7.58. The quantitative estimate of drug-likeness (QED) is 0.753. The Morgan fingerprint density at radius 2 is 1.85 bits per heavy atom. The van der Waals surface area contributed by atoms with Crippen molar-refractivity contribution in [2.24, 2.45) is 5.92 Å². The van der Waals surface area contributed by atoms with Crippen LogP contribution in [0.2, 0.25) is 0 Å². The third kappa shape index (κ3) is 6.13. The summed E-state index contributed by atoms with van der Waals surface area (Å²) in [6.07, 6.45) is 3.72. The Bertz CT molecular complexity index is 405. The second-order valence-electron chi connectivity index (χ2n) is 6.13. The fourth-order valence-electron chi connectivity index (χ4n) is 2.01. The number of nitrogens with zero attached hydrogens (tertiary/aromatic N) is 1. The van der Waals surface area contributed by atoms with Crippen LogP contribution in [0.3, 0.4) is 0 Å². The van der Waals surface area contributed by atoms with Gasteiger partial charge in [0.25, 0.3) is 0 Å². The average molecular weight is 279 g/mol. The van der Waals surface area contributed by atoms with Gasteiger partial charge in [-0.25, -0.2) is 0 Å². The van der Waals surface area contributed by atoms with Gasteiger partial charge in [-0.3, -0.25) is 0 Å². The van der Waals surface area contributed by atoms with E-state index in [4.69, 9.17) is 10.5 Å². The number of anilines is 2. The van der Waals surface area contributed by atoms with Gasteiger partial charge in [-0.2, -0.15) is 4.98 Å². The molecule has 0 aliphatic rings. The molecule has 0 saturated carbocycles. The Morgan fingerprint density at radius 1 is 1.15 bits per heavy atom. The van der Waals surface area contributed by atoms with Crippen molar-refractivity contribution in [3.8, 4) is 5.88 Å². The average Bonchev–Trinajstić information content (AvgIpc) is 2.32. The zero-order chi connectivity index (χ0) is 15.1. The van der Waals surface area contributed by atoms with Crippen LogP contribution in [-0.4, -0.2) is 17.1 Å². The first-order valence-corrected chi connectivity index (χ1v) is 7.58. The molecule has 0 saturated heterocycles. The largest absolute Gasteiger partial charge is 0.473 e. The van der Waals surface area contributed by atoms with E-state index in [2.05, 4.69) is 31.1 Å².